The van der Waals surface area contributed by atoms with E-state index in [-0.39, 0.29) is 18.0 Å². The van der Waals surface area contributed by atoms with Gasteiger partial charge in [-0.3, -0.25) is 9.69 Å². The van der Waals surface area contributed by atoms with Gasteiger partial charge in [0, 0.05) is 18.5 Å². The molecule has 1 N–H and O–H groups in total. The minimum absolute atomic E-state index is 0.0322. The Bertz CT molecular complexity index is 732. The molecule has 0 aromatic heterocycles. The van der Waals surface area contributed by atoms with Crippen LogP contribution in [0.15, 0.2) is 54.6 Å². The van der Waals surface area contributed by atoms with E-state index in [1.165, 1.54) is 5.56 Å². The quantitative estimate of drug-likeness (QED) is 0.931. The molecule has 0 spiro atoms. The summed E-state index contributed by atoms with van der Waals surface area (Å²) in [6.45, 7) is 2.47. The Labute approximate surface area is 148 Å². The highest BCUT2D eigenvalue weighted by molar-refractivity contribution is 5.82. The molecule has 2 aromatic carbocycles. The molecule has 4 rings (SSSR count). The van der Waals surface area contributed by atoms with Crippen LogP contribution in [0.4, 0.5) is 0 Å². The van der Waals surface area contributed by atoms with E-state index in [1.54, 1.807) is 0 Å². The molecule has 1 saturated heterocycles. The van der Waals surface area contributed by atoms with E-state index in [2.05, 4.69) is 40.5 Å². The molecule has 4 nitrogen and oxygen atoms in total. The van der Waals surface area contributed by atoms with Gasteiger partial charge in [0.25, 0.3) is 0 Å². The van der Waals surface area contributed by atoms with Crippen molar-refractivity contribution in [1.29, 1.82) is 0 Å². The van der Waals surface area contributed by atoms with Crippen LogP contribution in [0.5, 0.6) is 5.75 Å². The Balaban J connectivity index is 1.44. The minimum Gasteiger partial charge on any atom is -0.493 e. The number of rotatable bonds is 4. The summed E-state index contributed by atoms with van der Waals surface area (Å²) in [5.41, 5.74) is 2.35. The van der Waals surface area contributed by atoms with Gasteiger partial charge < -0.3 is 10.1 Å². The minimum atomic E-state index is -0.0322. The summed E-state index contributed by atoms with van der Waals surface area (Å²) < 4.78 is 5.70. The number of hydrogen-bond acceptors (Lipinski definition) is 3. The molecule has 2 aliphatic rings. The Kier molecular flexibility index (Phi) is 4.70. The second-order valence-corrected chi connectivity index (χ2v) is 6.85. The third-order valence-corrected chi connectivity index (χ3v) is 5.17. The predicted octanol–water partition coefficient (Wildman–Crippen LogP) is 3.29. The van der Waals surface area contributed by atoms with Crippen LogP contribution in [-0.4, -0.2) is 30.0 Å². The fraction of sp³-hybridized carbons (Fsp3) is 0.381. The van der Waals surface area contributed by atoms with Crippen LogP contribution >= 0.6 is 0 Å². The average Bonchev–Trinajstić information content (AvgIpc) is 3.11. The maximum Gasteiger partial charge on any atom is 0.237 e. The average molecular weight is 336 g/mol. The summed E-state index contributed by atoms with van der Waals surface area (Å²) >= 11 is 0. The van der Waals surface area contributed by atoms with Gasteiger partial charge >= 0.3 is 0 Å². The third kappa shape index (κ3) is 3.54. The molecular weight excluding hydrogens is 312 g/mol. The summed E-state index contributed by atoms with van der Waals surface area (Å²) in [6, 6.07) is 18.4. The number of fused-ring (bicyclic) bond motifs is 1. The Morgan fingerprint density at radius 1 is 1.08 bits per heavy atom. The first kappa shape index (κ1) is 16.2. The van der Waals surface area contributed by atoms with Crippen LogP contribution in [0.25, 0.3) is 0 Å². The normalized spacial score (nSPS) is 22.9. The van der Waals surface area contributed by atoms with Crippen molar-refractivity contribution in [2.24, 2.45) is 0 Å². The number of nitrogens with one attached hydrogen (secondary N) is 1. The van der Waals surface area contributed by atoms with E-state index in [4.69, 9.17) is 4.74 Å². The zero-order valence-electron chi connectivity index (χ0n) is 14.4. The first-order valence-electron chi connectivity index (χ1n) is 9.11. The first-order valence-corrected chi connectivity index (χ1v) is 9.11. The number of hydrogen-bond donors (Lipinski definition) is 1. The van der Waals surface area contributed by atoms with Crippen molar-refractivity contribution in [3.05, 3.63) is 65.7 Å². The van der Waals surface area contributed by atoms with E-state index in [0.29, 0.717) is 6.61 Å². The molecule has 0 saturated carbocycles. The van der Waals surface area contributed by atoms with Crippen LogP contribution in [-0.2, 0) is 11.3 Å². The highest BCUT2D eigenvalue weighted by atomic mass is 16.5. The van der Waals surface area contributed by atoms with Crippen molar-refractivity contribution < 1.29 is 9.53 Å². The van der Waals surface area contributed by atoms with E-state index in [9.17, 15) is 4.79 Å². The largest absolute Gasteiger partial charge is 0.493 e. The fourth-order valence-corrected chi connectivity index (χ4v) is 3.89. The van der Waals surface area contributed by atoms with Crippen LogP contribution < -0.4 is 10.1 Å². The Morgan fingerprint density at radius 2 is 1.88 bits per heavy atom. The summed E-state index contributed by atoms with van der Waals surface area (Å²) in [6.07, 6.45) is 2.84. The van der Waals surface area contributed by atoms with Crippen LogP contribution in [0.3, 0.4) is 0 Å². The van der Waals surface area contributed by atoms with Gasteiger partial charge in [0.2, 0.25) is 5.91 Å². The van der Waals surface area contributed by atoms with Gasteiger partial charge in [-0.1, -0.05) is 48.5 Å². The lowest BCUT2D eigenvalue weighted by molar-refractivity contribution is -0.126. The van der Waals surface area contributed by atoms with Crippen LogP contribution in [0.1, 0.15) is 36.4 Å². The molecular formula is C21H24N2O2. The lowest BCUT2D eigenvalue weighted by Gasteiger charge is -2.30. The number of para-hydroxylation sites is 1. The molecule has 0 aliphatic carbocycles. The number of benzene rings is 2. The summed E-state index contributed by atoms with van der Waals surface area (Å²) in [5.74, 6) is 1.04. The van der Waals surface area contributed by atoms with Crippen molar-refractivity contribution >= 4 is 5.91 Å². The first-order chi connectivity index (χ1) is 12.3. The molecule has 2 aliphatic heterocycles. The monoisotopic (exact) mass is 336 g/mol. The molecule has 0 radical (unpaired) electrons. The van der Waals surface area contributed by atoms with Gasteiger partial charge in [-0.05, 0) is 31.0 Å². The molecule has 4 heteroatoms. The molecule has 2 aromatic rings. The maximum absolute atomic E-state index is 12.9. The molecule has 25 heavy (non-hydrogen) atoms. The number of amides is 1. The third-order valence-electron chi connectivity index (χ3n) is 5.17. The smallest absolute Gasteiger partial charge is 0.237 e. The van der Waals surface area contributed by atoms with Gasteiger partial charge in [0.1, 0.15) is 5.75 Å². The second kappa shape index (κ2) is 7.28. The molecule has 1 amide bonds. The van der Waals surface area contributed by atoms with Crippen molar-refractivity contribution in [2.75, 3.05) is 13.2 Å². The number of nitrogens with zero attached hydrogens (tertiary/aromatic N) is 1. The van der Waals surface area contributed by atoms with Crippen molar-refractivity contribution in [3.63, 3.8) is 0 Å². The zero-order chi connectivity index (χ0) is 17.1. The van der Waals surface area contributed by atoms with Gasteiger partial charge in [-0.15, -0.1) is 0 Å². The predicted molar refractivity (Wildman–Crippen MR) is 97.3 cm³/mol. The SMILES string of the molecule is O=C(NC1CCOc2ccccc21)C1CCCN1Cc1ccccc1. The lowest BCUT2D eigenvalue weighted by Crippen LogP contribution is -2.45. The Morgan fingerprint density at radius 3 is 2.76 bits per heavy atom. The summed E-state index contributed by atoms with van der Waals surface area (Å²) in [7, 11) is 0. The van der Waals surface area contributed by atoms with Gasteiger partial charge in [-0.25, -0.2) is 0 Å². The topological polar surface area (TPSA) is 41.6 Å². The molecule has 2 atom stereocenters. The molecule has 130 valence electrons. The summed E-state index contributed by atoms with van der Waals surface area (Å²) in [4.78, 5) is 15.2. The van der Waals surface area contributed by atoms with E-state index >= 15 is 0 Å². The van der Waals surface area contributed by atoms with Gasteiger partial charge in [-0.2, -0.15) is 0 Å². The standard InChI is InChI=1S/C21H24N2O2/c24-21(22-18-12-14-25-20-11-5-4-9-17(18)20)19-10-6-13-23(19)15-16-7-2-1-3-8-16/h1-5,7-9,11,18-19H,6,10,12-15H2,(H,22,24). The van der Waals surface area contributed by atoms with Gasteiger partial charge in [0.15, 0.2) is 0 Å². The second-order valence-electron chi connectivity index (χ2n) is 6.85. The number of carbonyl (C=O) groups excluding carboxylic acids is 1. The Hall–Kier alpha value is -2.33. The van der Waals surface area contributed by atoms with Crippen molar-refractivity contribution in [2.45, 2.75) is 37.9 Å². The maximum atomic E-state index is 12.9. The van der Waals surface area contributed by atoms with E-state index in [1.807, 2.05) is 24.3 Å². The van der Waals surface area contributed by atoms with Crippen LogP contribution in [0.2, 0.25) is 0 Å². The number of ether oxygens (including phenoxy) is 1. The van der Waals surface area contributed by atoms with E-state index in [0.717, 1.165) is 43.7 Å². The summed E-state index contributed by atoms with van der Waals surface area (Å²) in [5, 5.41) is 3.27. The van der Waals surface area contributed by atoms with Crippen LogP contribution in [0, 0.1) is 0 Å². The zero-order valence-corrected chi connectivity index (χ0v) is 14.4. The van der Waals surface area contributed by atoms with Crippen molar-refractivity contribution in [3.8, 4) is 5.75 Å². The molecule has 2 unspecified atom stereocenters. The molecule has 0 bridgehead atoms. The highest BCUT2D eigenvalue weighted by Gasteiger charge is 2.33. The highest BCUT2D eigenvalue weighted by Crippen LogP contribution is 2.32. The number of likely N-dealkylation sites (tertiary alicyclic amines) is 1. The lowest BCUT2D eigenvalue weighted by atomic mass is 10.00. The number of carbonyl (C=O) groups is 1. The molecule has 2 heterocycles. The van der Waals surface area contributed by atoms with Gasteiger partial charge in [0.05, 0.1) is 18.7 Å². The van der Waals surface area contributed by atoms with E-state index < -0.39 is 0 Å². The van der Waals surface area contributed by atoms with Crippen molar-refractivity contribution in [1.82, 2.24) is 10.2 Å². The molecule has 1 fully saturated rings. The fourth-order valence-electron chi connectivity index (χ4n) is 3.89.